The molecular weight excluding hydrogens is 312 g/mol. The lowest BCUT2D eigenvalue weighted by Gasteiger charge is -2.05. The van der Waals surface area contributed by atoms with Crippen LogP contribution in [0.25, 0.3) is 27.4 Å². The minimum Gasteiger partial charge on any atom is -0.233 e. The van der Waals surface area contributed by atoms with Crippen LogP contribution in [0.5, 0.6) is 0 Å². The fraction of sp³-hybridized carbons (Fsp3) is 0. The molecule has 1 heterocycles. The van der Waals surface area contributed by atoms with Gasteiger partial charge in [-0.3, -0.25) is 0 Å². The average molecular weight is 323 g/mol. The molecule has 4 aromatic rings. The Labute approximate surface area is 124 Å². The van der Waals surface area contributed by atoms with Gasteiger partial charge in [-0.05, 0) is 35.0 Å². The molecule has 0 fully saturated rings. The molecule has 96 valence electrons. The van der Waals surface area contributed by atoms with Crippen LogP contribution in [-0.4, -0.2) is 9.78 Å². The van der Waals surface area contributed by atoms with Crippen LogP contribution in [0, 0.1) is 0 Å². The van der Waals surface area contributed by atoms with Crippen molar-refractivity contribution in [3.8, 4) is 5.69 Å². The summed E-state index contributed by atoms with van der Waals surface area (Å²) in [6, 6.07) is 20.9. The fourth-order valence-corrected chi connectivity index (χ4v) is 2.98. The smallest absolute Gasteiger partial charge is 0.0747 e. The van der Waals surface area contributed by atoms with Gasteiger partial charge in [0.25, 0.3) is 0 Å². The number of hydrogen-bond donors (Lipinski definition) is 0. The molecule has 0 bridgehead atoms. The van der Waals surface area contributed by atoms with Gasteiger partial charge in [-0.2, -0.15) is 5.10 Å². The highest BCUT2D eigenvalue weighted by molar-refractivity contribution is 9.10. The van der Waals surface area contributed by atoms with E-state index in [0.29, 0.717) is 0 Å². The molecule has 0 aliphatic carbocycles. The summed E-state index contributed by atoms with van der Waals surface area (Å²) in [5, 5.41) is 8.22. The number of benzene rings is 3. The summed E-state index contributed by atoms with van der Waals surface area (Å²) >= 11 is 3.51. The Bertz CT molecular complexity index is 924. The number of nitrogens with zero attached hydrogens (tertiary/aromatic N) is 2. The first-order chi connectivity index (χ1) is 9.83. The second kappa shape index (κ2) is 4.46. The first-order valence-electron chi connectivity index (χ1n) is 6.44. The maximum atomic E-state index is 4.55. The van der Waals surface area contributed by atoms with Crippen LogP contribution in [0.2, 0.25) is 0 Å². The minimum absolute atomic E-state index is 1.06. The van der Waals surface area contributed by atoms with Crippen molar-refractivity contribution in [1.82, 2.24) is 9.78 Å². The van der Waals surface area contributed by atoms with E-state index in [-0.39, 0.29) is 0 Å². The lowest BCUT2D eigenvalue weighted by molar-refractivity contribution is 0.910. The van der Waals surface area contributed by atoms with Gasteiger partial charge in [0, 0.05) is 9.86 Å². The second-order valence-corrected chi connectivity index (χ2v) is 5.67. The monoisotopic (exact) mass is 322 g/mol. The lowest BCUT2D eigenvalue weighted by atomic mass is 10.1. The molecule has 20 heavy (non-hydrogen) atoms. The zero-order chi connectivity index (χ0) is 13.5. The van der Waals surface area contributed by atoms with E-state index in [1.54, 1.807) is 0 Å². The van der Waals surface area contributed by atoms with Crippen LogP contribution in [-0.2, 0) is 0 Å². The quantitative estimate of drug-likeness (QED) is 0.485. The standard InChI is InChI=1S/C17H11BrN2/c18-13-5-3-6-14(10-13)20-17-9-8-12-4-1-2-7-15(12)16(17)11-19-20/h1-11H. The van der Waals surface area contributed by atoms with Crippen molar-refractivity contribution in [3.05, 3.63) is 71.3 Å². The van der Waals surface area contributed by atoms with E-state index in [1.165, 1.54) is 16.2 Å². The van der Waals surface area contributed by atoms with Crippen LogP contribution < -0.4 is 0 Å². The molecule has 0 spiro atoms. The summed E-state index contributed by atoms with van der Waals surface area (Å²) in [5.41, 5.74) is 2.19. The number of rotatable bonds is 1. The van der Waals surface area contributed by atoms with E-state index >= 15 is 0 Å². The number of halogens is 1. The SMILES string of the molecule is Brc1cccc(-n2ncc3c4ccccc4ccc32)c1. The summed E-state index contributed by atoms with van der Waals surface area (Å²) in [6.45, 7) is 0. The van der Waals surface area contributed by atoms with E-state index < -0.39 is 0 Å². The van der Waals surface area contributed by atoms with Crippen molar-refractivity contribution in [2.45, 2.75) is 0 Å². The molecule has 3 aromatic carbocycles. The third-order valence-corrected chi connectivity index (χ3v) is 4.02. The molecule has 0 N–H and O–H groups in total. The molecule has 4 rings (SSSR count). The van der Waals surface area contributed by atoms with E-state index in [0.717, 1.165) is 15.7 Å². The highest BCUT2D eigenvalue weighted by atomic mass is 79.9. The predicted octanol–water partition coefficient (Wildman–Crippen LogP) is 4.94. The van der Waals surface area contributed by atoms with Crippen LogP contribution in [0.3, 0.4) is 0 Å². The normalized spacial score (nSPS) is 11.2. The van der Waals surface area contributed by atoms with Gasteiger partial charge < -0.3 is 0 Å². The molecule has 3 heteroatoms. The summed E-state index contributed by atoms with van der Waals surface area (Å²) in [6.07, 6.45) is 1.94. The first kappa shape index (κ1) is 11.7. The van der Waals surface area contributed by atoms with E-state index in [9.17, 15) is 0 Å². The predicted molar refractivity (Wildman–Crippen MR) is 86.3 cm³/mol. The molecule has 0 atom stereocenters. The topological polar surface area (TPSA) is 17.8 Å². The van der Waals surface area contributed by atoms with Crippen molar-refractivity contribution in [1.29, 1.82) is 0 Å². The Kier molecular flexibility index (Phi) is 2.60. The Morgan fingerprint density at radius 3 is 2.65 bits per heavy atom. The van der Waals surface area contributed by atoms with Gasteiger partial charge in [0.1, 0.15) is 0 Å². The molecule has 0 aliphatic rings. The Hall–Kier alpha value is -2.13. The average Bonchev–Trinajstić information content (AvgIpc) is 2.91. The van der Waals surface area contributed by atoms with Crippen molar-refractivity contribution < 1.29 is 0 Å². The van der Waals surface area contributed by atoms with E-state index in [4.69, 9.17) is 0 Å². The van der Waals surface area contributed by atoms with E-state index in [2.05, 4.69) is 69.6 Å². The van der Waals surface area contributed by atoms with Crippen molar-refractivity contribution in [2.75, 3.05) is 0 Å². The number of fused-ring (bicyclic) bond motifs is 3. The van der Waals surface area contributed by atoms with Crippen molar-refractivity contribution in [2.24, 2.45) is 0 Å². The summed E-state index contributed by atoms with van der Waals surface area (Å²) < 4.78 is 3.03. The van der Waals surface area contributed by atoms with Gasteiger partial charge in [-0.25, -0.2) is 4.68 Å². The highest BCUT2D eigenvalue weighted by Crippen LogP contribution is 2.27. The fourth-order valence-electron chi connectivity index (χ4n) is 2.60. The zero-order valence-electron chi connectivity index (χ0n) is 10.6. The van der Waals surface area contributed by atoms with Gasteiger partial charge in [-0.15, -0.1) is 0 Å². The van der Waals surface area contributed by atoms with Crippen molar-refractivity contribution in [3.63, 3.8) is 0 Å². The molecule has 0 amide bonds. The second-order valence-electron chi connectivity index (χ2n) is 4.76. The van der Waals surface area contributed by atoms with Gasteiger partial charge in [0.05, 0.1) is 17.4 Å². The molecular formula is C17H11BrN2. The highest BCUT2D eigenvalue weighted by Gasteiger charge is 2.07. The summed E-state index contributed by atoms with van der Waals surface area (Å²) in [5.74, 6) is 0. The Morgan fingerprint density at radius 2 is 1.75 bits per heavy atom. The van der Waals surface area contributed by atoms with Gasteiger partial charge in [-0.1, -0.05) is 52.3 Å². The third-order valence-electron chi connectivity index (χ3n) is 3.53. The molecule has 0 saturated heterocycles. The largest absolute Gasteiger partial charge is 0.233 e. The summed E-state index contributed by atoms with van der Waals surface area (Å²) in [7, 11) is 0. The Balaban J connectivity index is 2.05. The maximum absolute atomic E-state index is 4.55. The van der Waals surface area contributed by atoms with Gasteiger partial charge in [0.2, 0.25) is 0 Å². The van der Waals surface area contributed by atoms with Crippen LogP contribution in [0.1, 0.15) is 0 Å². The molecule has 0 unspecified atom stereocenters. The number of aromatic nitrogens is 2. The van der Waals surface area contributed by atoms with Gasteiger partial charge >= 0.3 is 0 Å². The third kappa shape index (κ3) is 1.74. The van der Waals surface area contributed by atoms with Gasteiger partial charge in [0.15, 0.2) is 0 Å². The minimum atomic E-state index is 1.06. The van der Waals surface area contributed by atoms with Crippen LogP contribution >= 0.6 is 15.9 Å². The van der Waals surface area contributed by atoms with Crippen LogP contribution in [0.15, 0.2) is 71.3 Å². The van der Waals surface area contributed by atoms with E-state index in [1.807, 2.05) is 23.0 Å². The molecule has 0 saturated carbocycles. The zero-order valence-corrected chi connectivity index (χ0v) is 12.2. The summed E-state index contributed by atoms with van der Waals surface area (Å²) in [4.78, 5) is 0. The molecule has 0 aliphatic heterocycles. The molecule has 0 radical (unpaired) electrons. The first-order valence-corrected chi connectivity index (χ1v) is 7.24. The number of hydrogen-bond acceptors (Lipinski definition) is 1. The Morgan fingerprint density at radius 1 is 0.850 bits per heavy atom. The molecule has 2 nitrogen and oxygen atoms in total. The molecule has 1 aromatic heterocycles. The maximum Gasteiger partial charge on any atom is 0.0747 e. The van der Waals surface area contributed by atoms with Crippen LogP contribution in [0.4, 0.5) is 0 Å². The van der Waals surface area contributed by atoms with Crippen molar-refractivity contribution >= 4 is 37.6 Å². The lowest BCUT2D eigenvalue weighted by Crippen LogP contribution is -1.95.